The van der Waals surface area contributed by atoms with Crippen LogP contribution >= 0.6 is 11.6 Å². The van der Waals surface area contributed by atoms with E-state index in [-0.39, 0.29) is 5.91 Å². The normalized spacial score (nSPS) is 16.4. The monoisotopic (exact) mass is 397 g/mol. The molecule has 0 aromatic carbocycles. The number of carbonyl (C=O) groups is 1. The SMILES string of the molecule is CCN1CCCCOc2ncc(Cl)cc2/C=C\c2n[nH]c3ccc(nc23)C1=O. The van der Waals surface area contributed by atoms with Gasteiger partial charge in [0.2, 0.25) is 5.88 Å². The van der Waals surface area contributed by atoms with Crippen molar-refractivity contribution >= 4 is 40.7 Å². The van der Waals surface area contributed by atoms with Gasteiger partial charge >= 0.3 is 0 Å². The maximum Gasteiger partial charge on any atom is 0.272 e. The number of rotatable bonds is 1. The first-order valence-corrected chi connectivity index (χ1v) is 9.64. The number of amides is 1. The number of hydrogen-bond acceptors (Lipinski definition) is 5. The summed E-state index contributed by atoms with van der Waals surface area (Å²) in [6.45, 7) is 3.76. The van der Waals surface area contributed by atoms with Crippen molar-refractivity contribution in [3.05, 3.63) is 46.4 Å². The first kappa shape index (κ1) is 18.4. The van der Waals surface area contributed by atoms with Crippen LogP contribution in [0.3, 0.4) is 0 Å². The second-order valence-corrected chi connectivity index (χ2v) is 6.96. The lowest BCUT2D eigenvalue weighted by atomic mass is 10.2. The predicted molar refractivity (Wildman–Crippen MR) is 108 cm³/mol. The Balaban J connectivity index is 1.80. The van der Waals surface area contributed by atoms with Crippen LogP contribution in [-0.4, -0.2) is 50.7 Å². The summed E-state index contributed by atoms with van der Waals surface area (Å²) in [5.74, 6) is 0.445. The highest BCUT2D eigenvalue weighted by atomic mass is 35.5. The molecule has 144 valence electrons. The highest BCUT2D eigenvalue weighted by Crippen LogP contribution is 2.24. The molecule has 28 heavy (non-hydrogen) atoms. The third kappa shape index (κ3) is 3.71. The van der Waals surface area contributed by atoms with Gasteiger partial charge in [0.05, 0.1) is 17.1 Å². The fourth-order valence-corrected chi connectivity index (χ4v) is 3.31. The molecular weight excluding hydrogens is 378 g/mol. The first-order chi connectivity index (χ1) is 13.7. The second-order valence-electron chi connectivity index (χ2n) is 6.52. The number of nitrogens with one attached hydrogen (secondary N) is 1. The topological polar surface area (TPSA) is 84.0 Å². The number of ether oxygens (including phenoxy) is 1. The van der Waals surface area contributed by atoms with E-state index < -0.39 is 0 Å². The number of carbonyl (C=O) groups excluding carboxylic acids is 1. The highest BCUT2D eigenvalue weighted by molar-refractivity contribution is 6.30. The van der Waals surface area contributed by atoms with Crippen LogP contribution in [0.4, 0.5) is 0 Å². The third-order valence-electron chi connectivity index (χ3n) is 4.65. The Labute approximate surface area is 167 Å². The van der Waals surface area contributed by atoms with Crippen LogP contribution in [-0.2, 0) is 0 Å². The van der Waals surface area contributed by atoms with E-state index in [0.29, 0.717) is 47.5 Å². The number of aromatic amines is 1. The molecule has 2 bridgehead atoms. The van der Waals surface area contributed by atoms with Crippen molar-refractivity contribution in [2.24, 2.45) is 0 Å². The fraction of sp³-hybridized carbons (Fsp3) is 0.300. The molecule has 3 aromatic heterocycles. The molecule has 0 aliphatic carbocycles. The van der Waals surface area contributed by atoms with Crippen molar-refractivity contribution in [3.63, 3.8) is 0 Å². The van der Waals surface area contributed by atoms with Gasteiger partial charge in [-0.15, -0.1) is 0 Å². The van der Waals surface area contributed by atoms with Crippen LogP contribution in [0, 0.1) is 0 Å². The number of hydrogen-bond donors (Lipinski definition) is 1. The zero-order chi connectivity index (χ0) is 19.5. The van der Waals surface area contributed by atoms with Gasteiger partial charge in [-0.05, 0) is 50.1 Å². The Morgan fingerprint density at radius 3 is 3.04 bits per heavy atom. The summed E-state index contributed by atoms with van der Waals surface area (Å²) in [6, 6.07) is 5.37. The average molecular weight is 398 g/mol. The molecule has 1 N–H and O–H groups in total. The summed E-state index contributed by atoms with van der Waals surface area (Å²) in [6.07, 6.45) is 6.87. The molecule has 0 spiro atoms. The van der Waals surface area contributed by atoms with E-state index in [1.54, 1.807) is 23.2 Å². The standard InChI is InChI=1S/C20H20ClN5O2/c1-2-26-9-3-4-10-28-19-13(11-14(21)12-22-19)5-6-15-18-16(25-24-15)7-8-17(23-18)20(26)27/h5-8,11-12H,2-4,9-10H2,1H3,(H,24,25)/b6-5-. The van der Waals surface area contributed by atoms with Crippen LogP contribution in [0.25, 0.3) is 23.2 Å². The van der Waals surface area contributed by atoms with E-state index in [0.717, 1.165) is 23.9 Å². The summed E-state index contributed by atoms with van der Waals surface area (Å²) in [5.41, 5.74) is 3.23. The van der Waals surface area contributed by atoms with Gasteiger partial charge < -0.3 is 9.64 Å². The minimum atomic E-state index is -0.0759. The van der Waals surface area contributed by atoms with Gasteiger partial charge in [-0.3, -0.25) is 9.89 Å². The zero-order valence-electron chi connectivity index (χ0n) is 15.5. The van der Waals surface area contributed by atoms with Gasteiger partial charge in [0.25, 0.3) is 5.91 Å². The number of pyridine rings is 2. The Hall–Kier alpha value is -2.93. The van der Waals surface area contributed by atoms with E-state index in [2.05, 4.69) is 20.2 Å². The van der Waals surface area contributed by atoms with Crippen LogP contribution in [0.5, 0.6) is 5.88 Å². The van der Waals surface area contributed by atoms with E-state index in [9.17, 15) is 4.79 Å². The number of H-pyrrole nitrogens is 1. The van der Waals surface area contributed by atoms with Crippen molar-refractivity contribution in [3.8, 4) is 5.88 Å². The lowest BCUT2D eigenvalue weighted by Gasteiger charge is -2.20. The zero-order valence-corrected chi connectivity index (χ0v) is 16.2. The molecule has 8 heteroatoms. The van der Waals surface area contributed by atoms with Gasteiger partial charge in [0, 0.05) is 24.8 Å². The maximum absolute atomic E-state index is 12.9. The molecule has 0 unspecified atom stereocenters. The Morgan fingerprint density at radius 1 is 1.29 bits per heavy atom. The molecule has 4 heterocycles. The highest BCUT2D eigenvalue weighted by Gasteiger charge is 2.17. The lowest BCUT2D eigenvalue weighted by molar-refractivity contribution is 0.0754. The van der Waals surface area contributed by atoms with Crippen molar-refractivity contribution in [2.45, 2.75) is 19.8 Å². The lowest BCUT2D eigenvalue weighted by Crippen LogP contribution is -2.32. The van der Waals surface area contributed by atoms with Gasteiger partial charge in [-0.2, -0.15) is 5.10 Å². The minimum absolute atomic E-state index is 0.0759. The van der Waals surface area contributed by atoms with Crippen LogP contribution in [0.15, 0.2) is 24.4 Å². The maximum atomic E-state index is 12.9. The summed E-state index contributed by atoms with van der Waals surface area (Å²) < 4.78 is 5.85. The van der Waals surface area contributed by atoms with Gasteiger partial charge in [-0.25, -0.2) is 9.97 Å². The van der Waals surface area contributed by atoms with Crippen molar-refractivity contribution in [1.82, 2.24) is 25.1 Å². The molecule has 0 saturated carbocycles. The number of aromatic nitrogens is 4. The average Bonchev–Trinajstić information content (AvgIpc) is 3.11. The molecule has 1 amide bonds. The summed E-state index contributed by atoms with van der Waals surface area (Å²) in [5, 5.41) is 7.79. The summed E-state index contributed by atoms with van der Waals surface area (Å²) >= 11 is 6.10. The third-order valence-corrected chi connectivity index (χ3v) is 4.86. The molecule has 0 saturated heterocycles. The second kappa shape index (κ2) is 7.98. The molecule has 0 fully saturated rings. The number of nitrogens with zero attached hydrogens (tertiary/aromatic N) is 4. The van der Waals surface area contributed by atoms with Crippen LogP contribution < -0.4 is 4.74 Å². The Kier molecular flexibility index (Phi) is 5.25. The van der Waals surface area contributed by atoms with Crippen molar-refractivity contribution < 1.29 is 9.53 Å². The van der Waals surface area contributed by atoms with Crippen LogP contribution in [0.2, 0.25) is 5.02 Å². The van der Waals surface area contributed by atoms with Gasteiger partial charge in [-0.1, -0.05) is 11.6 Å². The first-order valence-electron chi connectivity index (χ1n) is 9.26. The quantitative estimate of drug-likeness (QED) is 0.675. The molecule has 7 nitrogen and oxygen atoms in total. The minimum Gasteiger partial charge on any atom is -0.477 e. The Bertz CT molecular complexity index is 1050. The van der Waals surface area contributed by atoms with E-state index >= 15 is 0 Å². The predicted octanol–water partition coefficient (Wildman–Crippen LogP) is 3.81. The molecule has 0 atom stereocenters. The smallest absolute Gasteiger partial charge is 0.272 e. The molecule has 3 aromatic rings. The molecule has 4 rings (SSSR count). The largest absolute Gasteiger partial charge is 0.477 e. The molecule has 0 radical (unpaired) electrons. The number of fused-ring (bicyclic) bond motifs is 2. The van der Waals surface area contributed by atoms with E-state index in [1.807, 2.05) is 25.1 Å². The molecular formula is C20H20ClN5O2. The van der Waals surface area contributed by atoms with Gasteiger partial charge in [0.1, 0.15) is 16.9 Å². The fourth-order valence-electron chi connectivity index (χ4n) is 3.14. The Morgan fingerprint density at radius 2 is 2.18 bits per heavy atom. The van der Waals surface area contributed by atoms with Gasteiger partial charge in [0.15, 0.2) is 0 Å². The van der Waals surface area contributed by atoms with E-state index in [4.69, 9.17) is 16.3 Å². The molecule has 1 aliphatic rings. The number of halogens is 1. The van der Waals surface area contributed by atoms with Crippen molar-refractivity contribution in [2.75, 3.05) is 19.7 Å². The van der Waals surface area contributed by atoms with Crippen LogP contribution in [0.1, 0.15) is 41.5 Å². The van der Waals surface area contributed by atoms with E-state index in [1.165, 1.54) is 0 Å². The molecule has 1 aliphatic heterocycles. The summed E-state index contributed by atoms with van der Waals surface area (Å²) in [4.78, 5) is 23.5. The summed E-state index contributed by atoms with van der Waals surface area (Å²) in [7, 11) is 0. The van der Waals surface area contributed by atoms with Crippen molar-refractivity contribution in [1.29, 1.82) is 0 Å².